The molecule has 0 saturated heterocycles. The molecule has 1 atom stereocenters. The Bertz CT molecular complexity index is 913. The SMILES string of the molecule is CCOc1ccc(S(=O)(=O)N[C@@H](C)C(=O)Nc2ccc(OC)c(OC)c2)cc1. The molecule has 1 amide bonds. The lowest BCUT2D eigenvalue weighted by Crippen LogP contribution is -2.41. The van der Waals surface area contributed by atoms with E-state index < -0.39 is 22.0 Å². The quantitative estimate of drug-likeness (QED) is 0.661. The van der Waals surface area contributed by atoms with Gasteiger partial charge in [-0.15, -0.1) is 0 Å². The van der Waals surface area contributed by atoms with Gasteiger partial charge in [0.2, 0.25) is 15.9 Å². The Kier molecular flexibility index (Phi) is 7.24. The molecular weight excluding hydrogens is 384 g/mol. The third-order valence-corrected chi connectivity index (χ3v) is 5.38. The van der Waals surface area contributed by atoms with Crippen LogP contribution in [0.25, 0.3) is 0 Å². The van der Waals surface area contributed by atoms with Gasteiger partial charge in [-0.05, 0) is 50.2 Å². The lowest BCUT2D eigenvalue weighted by molar-refractivity contribution is -0.117. The summed E-state index contributed by atoms with van der Waals surface area (Å²) in [6.07, 6.45) is 0. The molecule has 0 aliphatic rings. The molecule has 0 spiro atoms. The summed E-state index contributed by atoms with van der Waals surface area (Å²) in [4.78, 5) is 12.4. The van der Waals surface area contributed by atoms with Crippen LogP contribution in [0.3, 0.4) is 0 Å². The van der Waals surface area contributed by atoms with Gasteiger partial charge in [0, 0.05) is 11.8 Å². The number of benzene rings is 2. The van der Waals surface area contributed by atoms with Crippen LogP contribution >= 0.6 is 0 Å². The molecule has 0 radical (unpaired) electrons. The van der Waals surface area contributed by atoms with Crippen molar-refractivity contribution in [2.75, 3.05) is 26.1 Å². The van der Waals surface area contributed by atoms with E-state index in [0.717, 1.165) is 0 Å². The van der Waals surface area contributed by atoms with Crippen LogP contribution < -0.4 is 24.2 Å². The molecule has 28 heavy (non-hydrogen) atoms. The van der Waals surface area contributed by atoms with Gasteiger partial charge in [-0.25, -0.2) is 8.42 Å². The lowest BCUT2D eigenvalue weighted by atomic mass is 10.2. The van der Waals surface area contributed by atoms with Crippen LogP contribution in [-0.4, -0.2) is 41.2 Å². The fraction of sp³-hybridized carbons (Fsp3) is 0.316. The molecule has 9 heteroatoms. The van der Waals surface area contributed by atoms with Crippen molar-refractivity contribution >= 4 is 21.6 Å². The number of hydrogen-bond acceptors (Lipinski definition) is 6. The van der Waals surface area contributed by atoms with E-state index in [4.69, 9.17) is 14.2 Å². The molecule has 2 aromatic rings. The predicted octanol–water partition coefficient (Wildman–Crippen LogP) is 2.41. The number of anilines is 1. The lowest BCUT2D eigenvalue weighted by Gasteiger charge is -2.16. The third-order valence-electron chi connectivity index (χ3n) is 3.82. The maximum atomic E-state index is 12.5. The molecule has 0 aromatic heterocycles. The number of rotatable bonds is 9. The summed E-state index contributed by atoms with van der Waals surface area (Å²) in [6, 6.07) is 9.84. The fourth-order valence-corrected chi connectivity index (χ4v) is 3.60. The van der Waals surface area contributed by atoms with E-state index in [2.05, 4.69) is 10.0 Å². The minimum Gasteiger partial charge on any atom is -0.494 e. The monoisotopic (exact) mass is 408 g/mol. The van der Waals surface area contributed by atoms with E-state index in [1.54, 1.807) is 30.3 Å². The highest BCUT2D eigenvalue weighted by atomic mass is 32.2. The number of carbonyl (C=O) groups excluding carboxylic acids is 1. The molecule has 152 valence electrons. The van der Waals surface area contributed by atoms with Crippen molar-refractivity contribution in [1.29, 1.82) is 0 Å². The molecule has 8 nitrogen and oxygen atoms in total. The molecule has 0 aliphatic carbocycles. The molecular formula is C19H24N2O6S. The molecule has 0 heterocycles. The highest BCUT2D eigenvalue weighted by Crippen LogP contribution is 2.29. The summed E-state index contributed by atoms with van der Waals surface area (Å²) < 4.78 is 43.0. The number of nitrogens with one attached hydrogen (secondary N) is 2. The fourth-order valence-electron chi connectivity index (χ4n) is 2.40. The van der Waals surface area contributed by atoms with Crippen LogP contribution in [0.5, 0.6) is 17.2 Å². The first-order valence-electron chi connectivity index (χ1n) is 8.58. The molecule has 0 fully saturated rings. The second-order valence-corrected chi connectivity index (χ2v) is 7.52. The van der Waals surface area contributed by atoms with Gasteiger partial charge in [0.15, 0.2) is 11.5 Å². The number of ether oxygens (including phenoxy) is 3. The first-order chi connectivity index (χ1) is 13.3. The van der Waals surface area contributed by atoms with Crippen molar-refractivity contribution in [3.8, 4) is 17.2 Å². The Morgan fingerprint density at radius 3 is 2.25 bits per heavy atom. The van der Waals surface area contributed by atoms with E-state index in [1.165, 1.54) is 33.3 Å². The van der Waals surface area contributed by atoms with E-state index in [-0.39, 0.29) is 4.90 Å². The molecule has 0 unspecified atom stereocenters. The van der Waals surface area contributed by atoms with E-state index in [1.807, 2.05) is 6.92 Å². The smallest absolute Gasteiger partial charge is 0.242 e. The van der Waals surface area contributed by atoms with E-state index >= 15 is 0 Å². The van der Waals surface area contributed by atoms with Crippen molar-refractivity contribution in [1.82, 2.24) is 4.72 Å². The summed E-state index contributed by atoms with van der Waals surface area (Å²) >= 11 is 0. The molecule has 2 N–H and O–H groups in total. The zero-order chi connectivity index (χ0) is 20.7. The molecule has 2 rings (SSSR count). The third kappa shape index (κ3) is 5.37. The van der Waals surface area contributed by atoms with Crippen LogP contribution in [0, 0.1) is 0 Å². The minimum absolute atomic E-state index is 0.0433. The van der Waals surface area contributed by atoms with Crippen molar-refractivity contribution in [3.05, 3.63) is 42.5 Å². The molecule has 0 aliphatic heterocycles. The van der Waals surface area contributed by atoms with Crippen LogP contribution in [0.4, 0.5) is 5.69 Å². The Morgan fingerprint density at radius 1 is 1.04 bits per heavy atom. The van der Waals surface area contributed by atoms with E-state index in [0.29, 0.717) is 29.5 Å². The number of carbonyl (C=O) groups is 1. The van der Waals surface area contributed by atoms with Crippen molar-refractivity contribution in [3.63, 3.8) is 0 Å². The number of hydrogen-bond donors (Lipinski definition) is 2. The second-order valence-electron chi connectivity index (χ2n) is 5.81. The summed E-state index contributed by atoms with van der Waals surface area (Å²) in [6.45, 7) is 3.78. The van der Waals surface area contributed by atoms with Crippen LogP contribution in [-0.2, 0) is 14.8 Å². The Morgan fingerprint density at radius 2 is 1.68 bits per heavy atom. The highest BCUT2D eigenvalue weighted by molar-refractivity contribution is 7.89. The number of methoxy groups -OCH3 is 2. The summed E-state index contributed by atoms with van der Waals surface area (Å²) in [7, 11) is -0.872. The standard InChI is InChI=1S/C19H24N2O6S/c1-5-27-15-7-9-16(10-8-15)28(23,24)21-13(2)19(22)20-14-6-11-17(25-3)18(12-14)26-4/h6-13,21H,5H2,1-4H3,(H,20,22)/t13-/m0/s1. The largest absolute Gasteiger partial charge is 0.494 e. The van der Waals surface area contributed by atoms with Gasteiger partial charge in [0.1, 0.15) is 5.75 Å². The first kappa shape index (κ1) is 21.5. The molecule has 0 bridgehead atoms. The van der Waals surface area contributed by atoms with Crippen molar-refractivity contribution < 1.29 is 27.4 Å². The maximum absolute atomic E-state index is 12.5. The predicted molar refractivity (Wildman–Crippen MR) is 106 cm³/mol. The van der Waals surface area contributed by atoms with E-state index in [9.17, 15) is 13.2 Å². The average Bonchev–Trinajstić information content (AvgIpc) is 2.68. The number of amides is 1. The van der Waals surface area contributed by atoms with Crippen LogP contribution in [0.1, 0.15) is 13.8 Å². The van der Waals surface area contributed by atoms with Crippen LogP contribution in [0.15, 0.2) is 47.4 Å². The normalized spacial score (nSPS) is 12.1. The van der Waals surface area contributed by atoms with Crippen molar-refractivity contribution in [2.24, 2.45) is 0 Å². The van der Waals surface area contributed by atoms with Gasteiger partial charge in [-0.2, -0.15) is 4.72 Å². The number of sulfonamides is 1. The molecule has 2 aromatic carbocycles. The van der Waals surface area contributed by atoms with Crippen LogP contribution in [0.2, 0.25) is 0 Å². The Hall–Kier alpha value is -2.78. The van der Waals surface area contributed by atoms with Gasteiger partial charge in [-0.3, -0.25) is 4.79 Å². The van der Waals surface area contributed by atoms with Gasteiger partial charge >= 0.3 is 0 Å². The Balaban J connectivity index is 2.06. The first-order valence-corrected chi connectivity index (χ1v) is 10.1. The topological polar surface area (TPSA) is 103 Å². The Labute approximate surface area is 164 Å². The second kappa shape index (κ2) is 9.43. The van der Waals surface area contributed by atoms with Gasteiger partial charge in [0.25, 0.3) is 0 Å². The molecule has 0 saturated carbocycles. The minimum atomic E-state index is -3.86. The highest BCUT2D eigenvalue weighted by Gasteiger charge is 2.22. The summed E-state index contributed by atoms with van der Waals surface area (Å²) in [5.74, 6) is 1.02. The zero-order valence-corrected chi connectivity index (χ0v) is 17.0. The maximum Gasteiger partial charge on any atom is 0.242 e. The van der Waals surface area contributed by atoms with Gasteiger partial charge in [-0.1, -0.05) is 0 Å². The average molecular weight is 408 g/mol. The van der Waals surface area contributed by atoms with Gasteiger partial charge in [0.05, 0.1) is 31.8 Å². The summed E-state index contributed by atoms with van der Waals surface area (Å²) in [5.41, 5.74) is 0.453. The van der Waals surface area contributed by atoms with Crippen molar-refractivity contribution in [2.45, 2.75) is 24.8 Å². The zero-order valence-electron chi connectivity index (χ0n) is 16.2. The van der Waals surface area contributed by atoms with Gasteiger partial charge < -0.3 is 19.5 Å². The summed E-state index contributed by atoms with van der Waals surface area (Å²) in [5, 5.41) is 2.65.